The summed E-state index contributed by atoms with van der Waals surface area (Å²) in [6.07, 6.45) is 0. The standard InChI is InChI=1S/C21H22F4N4O2/c22-15-4-2-1-3-14(15)12-28-7-9-29(10-8-28)13-19(31)26-11-18(30)27-17-6-5-16(23)20(24)21(17)25/h1-6H,7-13H2,(H,26,31)(H,27,30). The fraction of sp³-hybridized carbons (Fsp3) is 0.333. The summed E-state index contributed by atoms with van der Waals surface area (Å²) < 4.78 is 53.4. The molecule has 1 saturated heterocycles. The zero-order chi connectivity index (χ0) is 22.4. The number of carbonyl (C=O) groups excluding carboxylic acids is 2. The third kappa shape index (κ3) is 6.25. The van der Waals surface area contributed by atoms with Crippen LogP contribution in [0.15, 0.2) is 36.4 Å². The van der Waals surface area contributed by atoms with Gasteiger partial charge < -0.3 is 10.6 Å². The lowest BCUT2D eigenvalue weighted by Gasteiger charge is -2.34. The molecule has 3 rings (SSSR count). The summed E-state index contributed by atoms with van der Waals surface area (Å²) in [5.41, 5.74) is 0.112. The van der Waals surface area contributed by atoms with E-state index in [9.17, 15) is 27.2 Å². The van der Waals surface area contributed by atoms with Crippen LogP contribution in [0.4, 0.5) is 23.2 Å². The predicted molar refractivity (Wildman–Crippen MR) is 106 cm³/mol. The lowest BCUT2D eigenvalue weighted by Crippen LogP contribution is -2.49. The van der Waals surface area contributed by atoms with Gasteiger partial charge in [-0.05, 0) is 18.2 Å². The number of carbonyl (C=O) groups is 2. The molecule has 31 heavy (non-hydrogen) atoms. The van der Waals surface area contributed by atoms with Gasteiger partial charge in [0.2, 0.25) is 11.8 Å². The maximum absolute atomic E-state index is 13.8. The smallest absolute Gasteiger partial charge is 0.243 e. The van der Waals surface area contributed by atoms with Crippen LogP contribution < -0.4 is 10.6 Å². The van der Waals surface area contributed by atoms with Crippen molar-refractivity contribution in [1.82, 2.24) is 15.1 Å². The van der Waals surface area contributed by atoms with Gasteiger partial charge in [-0.3, -0.25) is 19.4 Å². The highest BCUT2D eigenvalue weighted by molar-refractivity contribution is 5.94. The maximum Gasteiger partial charge on any atom is 0.243 e. The van der Waals surface area contributed by atoms with Crippen molar-refractivity contribution in [3.8, 4) is 0 Å². The predicted octanol–water partition coefficient (Wildman–Crippen LogP) is 2.12. The maximum atomic E-state index is 13.8. The molecule has 0 atom stereocenters. The number of rotatable bonds is 7. The molecule has 10 heteroatoms. The number of nitrogens with one attached hydrogen (secondary N) is 2. The molecule has 2 aromatic carbocycles. The second-order valence-corrected chi connectivity index (χ2v) is 7.19. The van der Waals surface area contributed by atoms with E-state index in [-0.39, 0.29) is 12.4 Å². The minimum Gasteiger partial charge on any atom is -0.346 e. The molecule has 0 radical (unpaired) electrons. The van der Waals surface area contributed by atoms with Crippen LogP contribution >= 0.6 is 0 Å². The molecular weight excluding hydrogens is 416 g/mol. The molecule has 1 heterocycles. The van der Waals surface area contributed by atoms with Crippen molar-refractivity contribution in [3.05, 3.63) is 65.2 Å². The second-order valence-electron chi connectivity index (χ2n) is 7.19. The number of anilines is 1. The van der Waals surface area contributed by atoms with Gasteiger partial charge in [-0.1, -0.05) is 18.2 Å². The van der Waals surface area contributed by atoms with Crippen LogP contribution in [0.25, 0.3) is 0 Å². The Kier molecular flexibility index (Phi) is 7.59. The Morgan fingerprint density at radius 1 is 0.806 bits per heavy atom. The van der Waals surface area contributed by atoms with Crippen LogP contribution in [0, 0.1) is 23.3 Å². The molecule has 0 spiro atoms. The Hall–Kier alpha value is -2.98. The number of amides is 2. The van der Waals surface area contributed by atoms with Crippen LogP contribution in [0.5, 0.6) is 0 Å². The van der Waals surface area contributed by atoms with Crippen molar-refractivity contribution >= 4 is 17.5 Å². The first-order valence-electron chi connectivity index (χ1n) is 9.71. The van der Waals surface area contributed by atoms with Crippen molar-refractivity contribution in [1.29, 1.82) is 0 Å². The van der Waals surface area contributed by atoms with Gasteiger partial charge >= 0.3 is 0 Å². The number of halogens is 4. The molecule has 1 aliphatic heterocycles. The highest BCUT2D eigenvalue weighted by Gasteiger charge is 2.20. The number of hydrogen-bond acceptors (Lipinski definition) is 4. The average Bonchev–Trinajstić information content (AvgIpc) is 2.76. The number of piperazine rings is 1. The first-order valence-corrected chi connectivity index (χ1v) is 9.71. The van der Waals surface area contributed by atoms with Gasteiger partial charge in [-0.2, -0.15) is 0 Å². The highest BCUT2D eigenvalue weighted by atomic mass is 19.2. The first-order chi connectivity index (χ1) is 14.8. The zero-order valence-electron chi connectivity index (χ0n) is 16.6. The molecule has 2 aromatic rings. The highest BCUT2D eigenvalue weighted by Crippen LogP contribution is 2.19. The van der Waals surface area contributed by atoms with Gasteiger partial charge in [0.25, 0.3) is 0 Å². The molecule has 0 saturated carbocycles. The summed E-state index contributed by atoms with van der Waals surface area (Å²) in [7, 11) is 0. The molecule has 1 aliphatic rings. The van der Waals surface area contributed by atoms with E-state index in [1.165, 1.54) is 6.07 Å². The van der Waals surface area contributed by atoms with Gasteiger partial charge in [0.05, 0.1) is 18.8 Å². The number of hydrogen-bond donors (Lipinski definition) is 2. The van der Waals surface area contributed by atoms with E-state index in [4.69, 9.17) is 0 Å². The topological polar surface area (TPSA) is 64.7 Å². The van der Waals surface area contributed by atoms with Gasteiger partial charge in [-0.15, -0.1) is 0 Å². The second kappa shape index (κ2) is 10.4. The normalized spacial score (nSPS) is 15.0. The van der Waals surface area contributed by atoms with E-state index in [2.05, 4.69) is 15.5 Å². The molecule has 2 N–H and O–H groups in total. The largest absolute Gasteiger partial charge is 0.346 e. The summed E-state index contributed by atoms with van der Waals surface area (Å²) in [5.74, 6) is -5.97. The Labute approximate surface area is 176 Å². The lowest BCUT2D eigenvalue weighted by atomic mass is 10.2. The zero-order valence-corrected chi connectivity index (χ0v) is 16.6. The van der Waals surface area contributed by atoms with Gasteiger partial charge in [0, 0.05) is 38.3 Å². The van der Waals surface area contributed by atoms with Crippen molar-refractivity contribution in [2.45, 2.75) is 6.54 Å². The quantitative estimate of drug-likeness (QED) is 0.514. The lowest BCUT2D eigenvalue weighted by molar-refractivity contribution is -0.125. The van der Waals surface area contributed by atoms with E-state index in [0.29, 0.717) is 44.4 Å². The molecule has 0 aromatic heterocycles. The molecule has 0 unspecified atom stereocenters. The molecule has 166 valence electrons. The van der Waals surface area contributed by atoms with E-state index in [0.717, 1.165) is 6.07 Å². The van der Waals surface area contributed by atoms with Crippen molar-refractivity contribution in [2.75, 3.05) is 44.6 Å². The molecule has 6 nitrogen and oxygen atoms in total. The van der Waals surface area contributed by atoms with E-state index in [1.807, 2.05) is 4.90 Å². The number of benzene rings is 2. The van der Waals surface area contributed by atoms with Crippen LogP contribution in [0.3, 0.4) is 0 Å². The van der Waals surface area contributed by atoms with Crippen molar-refractivity contribution < 1.29 is 27.2 Å². The third-order valence-electron chi connectivity index (χ3n) is 4.94. The fourth-order valence-corrected chi connectivity index (χ4v) is 3.23. The van der Waals surface area contributed by atoms with Crippen LogP contribution in [0.1, 0.15) is 5.56 Å². The average molecular weight is 438 g/mol. The SMILES string of the molecule is O=C(CN1CCN(Cc2ccccc2F)CC1)NCC(=O)Nc1ccc(F)c(F)c1F. The van der Waals surface area contributed by atoms with Gasteiger partial charge in [0.15, 0.2) is 17.5 Å². The number of nitrogens with zero attached hydrogens (tertiary/aromatic N) is 2. The van der Waals surface area contributed by atoms with E-state index in [1.54, 1.807) is 18.2 Å². The van der Waals surface area contributed by atoms with E-state index >= 15 is 0 Å². The summed E-state index contributed by atoms with van der Waals surface area (Å²) in [6.45, 7) is 2.66. The molecule has 0 bridgehead atoms. The Balaban J connectivity index is 1.38. The first kappa shape index (κ1) is 22.7. The van der Waals surface area contributed by atoms with Crippen LogP contribution in [0.2, 0.25) is 0 Å². The van der Waals surface area contributed by atoms with Crippen molar-refractivity contribution in [2.24, 2.45) is 0 Å². The molecule has 2 amide bonds. The summed E-state index contributed by atoms with van der Waals surface area (Å²) in [6, 6.07) is 8.19. The Bertz CT molecular complexity index is 949. The minimum absolute atomic E-state index is 0.0698. The molecule has 0 aliphatic carbocycles. The summed E-state index contributed by atoms with van der Waals surface area (Å²) in [5, 5.41) is 4.49. The van der Waals surface area contributed by atoms with Gasteiger partial charge in [0.1, 0.15) is 5.82 Å². The molecular formula is C21H22F4N4O2. The monoisotopic (exact) mass is 438 g/mol. The third-order valence-corrected chi connectivity index (χ3v) is 4.94. The summed E-state index contributed by atoms with van der Waals surface area (Å²) in [4.78, 5) is 27.9. The van der Waals surface area contributed by atoms with E-state index < -0.39 is 41.5 Å². The van der Waals surface area contributed by atoms with Crippen LogP contribution in [-0.2, 0) is 16.1 Å². The Morgan fingerprint density at radius 3 is 2.19 bits per heavy atom. The Morgan fingerprint density at radius 2 is 1.48 bits per heavy atom. The molecule has 1 fully saturated rings. The fourth-order valence-electron chi connectivity index (χ4n) is 3.23. The summed E-state index contributed by atoms with van der Waals surface area (Å²) >= 11 is 0. The minimum atomic E-state index is -1.68. The van der Waals surface area contributed by atoms with Crippen LogP contribution in [-0.4, -0.2) is 60.9 Å². The van der Waals surface area contributed by atoms with Crippen molar-refractivity contribution in [3.63, 3.8) is 0 Å². The van der Waals surface area contributed by atoms with Gasteiger partial charge in [-0.25, -0.2) is 17.6 Å².